The molecule has 1 heterocycles. The van der Waals surface area contributed by atoms with Crippen molar-refractivity contribution in [3.8, 4) is 0 Å². The first-order valence-electron chi connectivity index (χ1n) is 7.44. The second kappa shape index (κ2) is 5.75. The summed E-state index contributed by atoms with van der Waals surface area (Å²) in [4.78, 5) is 0. The molecule has 3 rings (SSSR count). The fraction of sp³-hybridized carbons (Fsp3) is 0.500. The highest BCUT2D eigenvalue weighted by Gasteiger charge is 2.30. The molecule has 1 aliphatic rings. The Kier molecular flexibility index (Phi) is 3.83. The van der Waals surface area contributed by atoms with Crippen molar-refractivity contribution in [1.82, 2.24) is 20.3 Å². The van der Waals surface area contributed by atoms with E-state index in [0.717, 1.165) is 25.8 Å². The van der Waals surface area contributed by atoms with Gasteiger partial charge in [-0.25, -0.2) is 0 Å². The van der Waals surface area contributed by atoms with E-state index in [1.165, 1.54) is 16.8 Å². The van der Waals surface area contributed by atoms with Crippen LogP contribution in [-0.4, -0.2) is 21.5 Å². The van der Waals surface area contributed by atoms with Crippen molar-refractivity contribution < 1.29 is 0 Å². The minimum absolute atomic E-state index is 0.336. The van der Waals surface area contributed by atoms with Gasteiger partial charge >= 0.3 is 0 Å². The summed E-state index contributed by atoms with van der Waals surface area (Å²) in [5.41, 5.74) is 4.18. The van der Waals surface area contributed by atoms with Crippen molar-refractivity contribution >= 4 is 0 Å². The normalized spacial score (nSPS) is 16.3. The summed E-state index contributed by atoms with van der Waals surface area (Å²) in [6.07, 6.45) is 5.32. The molecule has 4 heteroatoms. The third-order valence-electron chi connectivity index (χ3n) is 4.24. The van der Waals surface area contributed by atoms with E-state index in [4.69, 9.17) is 0 Å². The summed E-state index contributed by atoms with van der Waals surface area (Å²) in [7, 11) is 1.98. The van der Waals surface area contributed by atoms with Crippen LogP contribution in [0, 0.1) is 5.92 Å². The Balaban J connectivity index is 1.83. The first-order valence-corrected chi connectivity index (χ1v) is 7.44. The number of rotatable bonds is 5. The third-order valence-corrected chi connectivity index (χ3v) is 4.24. The Hall–Kier alpha value is -1.68. The van der Waals surface area contributed by atoms with Crippen LogP contribution in [0.4, 0.5) is 0 Å². The molecular formula is C16H22N4. The van der Waals surface area contributed by atoms with E-state index < -0.39 is 0 Å². The first kappa shape index (κ1) is 13.3. The van der Waals surface area contributed by atoms with Crippen molar-refractivity contribution in [2.24, 2.45) is 13.0 Å². The predicted molar refractivity (Wildman–Crippen MR) is 79.4 cm³/mol. The van der Waals surface area contributed by atoms with Gasteiger partial charge in [0.2, 0.25) is 0 Å². The first-order chi connectivity index (χ1) is 9.79. The number of benzene rings is 1. The molecule has 1 aromatic heterocycles. The van der Waals surface area contributed by atoms with E-state index in [0.29, 0.717) is 12.0 Å². The van der Waals surface area contributed by atoms with Gasteiger partial charge in [0, 0.05) is 7.05 Å². The summed E-state index contributed by atoms with van der Waals surface area (Å²) in [5.74, 6) is 0.594. The molecule has 0 aliphatic heterocycles. The van der Waals surface area contributed by atoms with E-state index in [1.54, 1.807) is 0 Å². The topological polar surface area (TPSA) is 42.7 Å². The molecular weight excluding hydrogens is 248 g/mol. The van der Waals surface area contributed by atoms with Gasteiger partial charge in [-0.15, -0.1) is 5.10 Å². The van der Waals surface area contributed by atoms with E-state index >= 15 is 0 Å². The Bertz CT molecular complexity index is 550. The van der Waals surface area contributed by atoms with E-state index in [9.17, 15) is 0 Å². The summed E-state index contributed by atoms with van der Waals surface area (Å²) in [6, 6.07) is 9.13. The molecule has 0 amide bonds. The predicted octanol–water partition coefficient (Wildman–Crippen LogP) is 2.27. The van der Waals surface area contributed by atoms with Crippen LogP contribution in [0.3, 0.4) is 0 Å². The molecule has 0 spiro atoms. The smallest absolute Gasteiger partial charge is 0.0756 e. The number of aromatic nitrogens is 3. The lowest BCUT2D eigenvalue weighted by atomic mass is 9.94. The van der Waals surface area contributed by atoms with Crippen LogP contribution in [-0.2, 0) is 19.9 Å². The summed E-state index contributed by atoms with van der Waals surface area (Å²) in [5, 5.41) is 11.8. The Morgan fingerprint density at radius 2 is 2.00 bits per heavy atom. The van der Waals surface area contributed by atoms with Gasteiger partial charge in [0.1, 0.15) is 0 Å². The Labute approximate surface area is 120 Å². The molecule has 20 heavy (non-hydrogen) atoms. The van der Waals surface area contributed by atoms with Crippen LogP contribution in [0.2, 0.25) is 0 Å². The maximum absolute atomic E-state index is 4.09. The van der Waals surface area contributed by atoms with Crippen LogP contribution in [0.1, 0.15) is 36.2 Å². The maximum Gasteiger partial charge on any atom is 0.0756 e. The lowest BCUT2D eigenvalue weighted by molar-refractivity contribution is 0.356. The second-order valence-corrected chi connectivity index (χ2v) is 5.65. The molecule has 1 unspecified atom stereocenters. The van der Waals surface area contributed by atoms with Gasteiger partial charge < -0.3 is 5.32 Å². The molecule has 2 aromatic rings. The third kappa shape index (κ3) is 2.48. The number of fused-ring (bicyclic) bond motifs is 1. The van der Waals surface area contributed by atoms with Crippen LogP contribution in [0.5, 0.6) is 0 Å². The SMILES string of the molecule is CCCNC(c1cnnn1C)C1Cc2ccccc2C1. The monoisotopic (exact) mass is 270 g/mol. The average molecular weight is 270 g/mol. The Morgan fingerprint density at radius 3 is 2.55 bits per heavy atom. The van der Waals surface area contributed by atoms with Crippen LogP contribution < -0.4 is 5.32 Å². The number of aryl methyl sites for hydroxylation is 1. The summed E-state index contributed by atoms with van der Waals surface area (Å²) < 4.78 is 1.90. The molecule has 106 valence electrons. The lowest BCUT2D eigenvalue weighted by Gasteiger charge is -2.24. The summed E-state index contributed by atoms with van der Waals surface area (Å²) >= 11 is 0. The number of hydrogen-bond donors (Lipinski definition) is 1. The van der Waals surface area contributed by atoms with Crippen LogP contribution in [0.25, 0.3) is 0 Å². The maximum atomic E-state index is 4.09. The fourth-order valence-electron chi connectivity index (χ4n) is 3.22. The molecule has 0 fully saturated rings. The van der Waals surface area contributed by atoms with E-state index in [1.807, 2.05) is 17.9 Å². The highest BCUT2D eigenvalue weighted by molar-refractivity contribution is 5.33. The van der Waals surface area contributed by atoms with Gasteiger partial charge in [-0.05, 0) is 42.9 Å². The molecule has 1 aliphatic carbocycles. The quantitative estimate of drug-likeness (QED) is 0.906. The van der Waals surface area contributed by atoms with E-state index in [2.05, 4.69) is 46.8 Å². The molecule has 0 radical (unpaired) electrons. The zero-order valence-corrected chi connectivity index (χ0v) is 12.2. The lowest BCUT2D eigenvalue weighted by Crippen LogP contribution is -2.31. The average Bonchev–Trinajstić information content (AvgIpc) is 3.06. The second-order valence-electron chi connectivity index (χ2n) is 5.65. The molecule has 4 nitrogen and oxygen atoms in total. The highest BCUT2D eigenvalue weighted by atomic mass is 15.4. The molecule has 0 bridgehead atoms. The fourth-order valence-corrected chi connectivity index (χ4v) is 3.22. The van der Waals surface area contributed by atoms with Crippen molar-refractivity contribution in [2.75, 3.05) is 6.54 Å². The van der Waals surface area contributed by atoms with Crippen molar-refractivity contribution in [3.05, 3.63) is 47.3 Å². The number of nitrogens with one attached hydrogen (secondary N) is 1. The molecule has 0 saturated carbocycles. The molecule has 1 atom stereocenters. The minimum Gasteiger partial charge on any atom is -0.308 e. The molecule has 1 aromatic carbocycles. The van der Waals surface area contributed by atoms with E-state index in [-0.39, 0.29) is 0 Å². The zero-order chi connectivity index (χ0) is 13.9. The highest BCUT2D eigenvalue weighted by Crippen LogP contribution is 2.34. The van der Waals surface area contributed by atoms with Crippen LogP contribution in [0.15, 0.2) is 30.5 Å². The Morgan fingerprint density at radius 1 is 1.30 bits per heavy atom. The van der Waals surface area contributed by atoms with Crippen molar-refractivity contribution in [3.63, 3.8) is 0 Å². The van der Waals surface area contributed by atoms with Gasteiger partial charge in [-0.3, -0.25) is 4.68 Å². The van der Waals surface area contributed by atoms with Gasteiger partial charge in [-0.2, -0.15) is 0 Å². The summed E-state index contributed by atoms with van der Waals surface area (Å²) in [6.45, 7) is 3.23. The molecule has 1 N–H and O–H groups in total. The van der Waals surface area contributed by atoms with Crippen LogP contribution >= 0.6 is 0 Å². The molecule has 0 saturated heterocycles. The van der Waals surface area contributed by atoms with Crippen molar-refractivity contribution in [2.45, 2.75) is 32.2 Å². The van der Waals surface area contributed by atoms with Gasteiger partial charge in [0.25, 0.3) is 0 Å². The standard InChI is InChI=1S/C16H22N4/c1-3-8-17-16(15-11-18-19-20(15)2)14-9-12-6-4-5-7-13(12)10-14/h4-7,11,14,16-17H,3,8-10H2,1-2H3. The number of nitrogens with zero attached hydrogens (tertiary/aromatic N) is 3. The van der Waals surface area contributed by atoms with Gasteiger partial charge in [-0.1, -0.05) is 36.4 Å². The van der Waals surface area contributed by atoms with Crippen molar-refractivity contribution in [1.29, 1.82) is 0 Å². The zero-order valence-electron chi connectivity index (χ0n) is 12.2. The largest absolute Gasteiger partial charge is 0.308 e. The van der Waals surface area contributed by atoms with Gasteiger partial charge in [0.15, 0.2) is 0 Å². The minimum atomic E-state index is 0.336. The number of hydrogen-bond acceptors (Lipinski definition) is 3. The van der Waals surface area contributed by atoms with Gasteiger partial charge in [0.05, 0.1) is 17.9 Å².